The number of amides is 1. The number of carbonyl (C=O) groups excluding carboxylic acids is 1. The molecule has 0 aromatic carbocycles. The van der Waals surface area contributed by atoms with E-state index in [1.54, 1.807) is 0 Å². The molecule has 96 valence electrons. The molecule has 0 radical (unpaired) electrons. The number of rotatable bonds is 2. The van der Waals surface area contributed by atoms with Crippen LogP contribution < -0.4 is 5.32 Å². The maximum Gasteiger partial charge on any atom is 0.231 e. The van der Waals surface area contributed by atoms with E-state index in [1.807, 2.05) is 6.07 Å². The molecule has 4 heteroatoms. The Morgan fingerprint density at radius 1 is 1.22 bits per heavy atom. The Morgan fingerprint density at radius 3 is 2.11 bits per heavy atom. The lowest BCUT2D eigenvalue weighted by Crippen LogP contribution is -2.53. The zero-order valence-corrected chi connectivity index (χ0v) is 11.0. The van der Waals surface area contributed by atoms with E-state index < -0.39 is 0 Å². The number of nitrogens with one attached hydrogen (secondary N) is 1. The second-order valence-electron chi connectivity index (χ2n) is 6.29. The van der Waals surface area contributed by atoms with Gasteiger partial charge in [-0.15, -0.1) is 0 Å². The highest BCUT2D eigenvalue weighted by atomic mass is 35.5. The van der Waals surface area contributed by atoms with Crippen LogP contribution in [0.15, 0.2) is 11.2 Å². The van der Waals surface area contributed by atoms with Crippen molar-refractivity contribution >= 4 is 17.5 Å². The zero-order valence-electron chi connectivity index (χ0n) is 10.3. The van der Waals surface area contributed by atoms with Crippen LogP contribution in [0.2, 0.25) is 0 Å². The number of nitrogens with zero attached hydrogens (tertiary/aromatic N) is 1. The van der Waals surface area contributed by atoms with Gasteiger partial charge < -0.3 is 5.32 Å². The van der Waals surface area contributed by atoms with Crippen molar-refractivity contribution in [2.45, 2.75) is 38.5 Å². The average Bonchev–Trinajstić information content (AvgIpc) is 2.34. The maximum absolute atomic E-state index is 12.5. The minimum Gasteiger partial charge on any atom is -0.316 e. The van der Waals surface area contributed by atoms with Crippen molar-refractivity contribution in [3.63, 3.8) is 0 Å². The predicted molar refractivity (Wildman–Crippen MR) is 68.3 cm³/mol. The van der Waals surface area contributed by atoms with Crippen LogP contribution >= 0.6 is 11.6 Å². The molecule has 0 saturated heterocycles. The molecule has 3 nitrogen and oxygen atoms in total. The van der Waals surface area contributed by atoms with Crippen molar-refractivity contribution in [1.82, 2.24) is 5.32 Å². The Bertz CT molecular complexity index is 414. The zero-order chi connectivity index (χ0) is 12.8. The van der Waals surface area contributed by atoms with Crippen LogP contribution in [0.1, 0.15) is 38.5 Å². The Hall–Kier alpha value is -1.01. The van der Waals surface area contributed by atoms with Crippen molar-refractivity contribution in [1.29, 1.82) is 5.26 Å². The summed E-state index contributed by atoms with van der Waals surface area (Å²) in [6, 6.07) is 1.91. The van der Waals surface area contributed by atoms with Gasteiger partial charge in [0.15, 0.2) is 0 Å². The summed E-state index contributed by atoms with van der Waals surface area (Å²) in [6.07, 6.45) is 6.94. The molecule has 0 heterocycles. The summed E-state index contributed by atoms with van der Waals surface area (Å²) in [5, 5.41) is 11.5. The van der Waals surface area contributed by atoms with Gasteiger partial charge in [0.1, 0.15) is 11.8 Å². The van der Waals surface area contributed by atoms with Gasteiger partial charge in [0.2, 0.25) is 5.91 Å². The van der Waals surface area contributed by atoms with Crippen LogP contribution in [0.4, 0.5) is 0 Å². The number of hydrogen-bond acceptors (Lipinski definition) is 2. The van der Waals surface area contributed by atoms with Crippen molar-refractivity contribution in [3.8, 4) is 6.07 Å². The third-order valence-corrected chi connectivity index (χ3v) is 5.22. The lowest BCUT2D eigenvalue weighted by molar-refractivity contribution is -0.145. The van der Waals surface area contributed by atoms with Gasteiger partial charge in [-0.2, -0.15) is 5.26 Å². The number of hydrogen-bond donors (Lipinski definition) is 1. The highest BCUT2D eigenvalue weighted by molar-refractivity contribution is 6.26. The molecular weight excluding hydrogens is 248 g/mol. The van der Waals surface area contributed by atoms with E-state index in [0.717, 1.165) is 42.6 Å². The second kappa shape index (κ2) is 4.28. The standard InChI is InChI=1S/C14H17ClN2O/c15-7-12(8-16)17-13(18)14-4-9-1-10(5-14)3-11(2-9)6-14/h7,9-11H,1-6H2,(H,17,18)/b12-7+. The van der Waals surface area contributed by atoms with E-state index in [1.165, 1.54) is 19.3 Å². The average molecular weight is 265 g/mol. The number of carbonyl (C=O) groups is 1. The van der Waals surface area contributed by atoms with Crippen molar-refractivity contribution in [3.05, 3.63) is 11.2 Å². The SMILES string of the molecule is N#C/C(=C\Cl)NC(=O)C12CC3CC(CC(C3)C1)C2. The third-order valence-electron chi connectivity index (χ3n) is 5.00. The largest absolute Gasteiger partial charge is 0.316 e. The first-order chi connectivity index (χ1) is 8.65. The van der Waals surface area contributed by atoms with Crippen LogP contribution in [0, 0.1) is 34.5 Å². The minimum atomic E-state index is -0.212. The molecule has 0 atom stereocenters. The van der Waals surface area contributed by atoms with Crippen LogP contribution in [0.3, 0.4) is 0 Å². The summed E-state index contributed by atoms with van der Waals surface area (Å²) in [5.74, 6) is 2.21. The van der Waals surface area contributed by atoms with Crippen molar-refractivity contribution in [2.75, 3.05) is 0 Å². The monoisotopic (exact) mass is 264 g/mol. The fraction of sp³-hybridized carbons (Fsp3) is 0.714. The molecule has 0 unspecified atom stereocenters. The number of allylic oxidation sites excluding steroid dienone is 1. The lowest BCUT2D eigenvalue weighted by Gasteiger charge is -2.55. The van der Waals surface area contributed by atoms with Gasteiger partial charge in [-0.05, 0) is 56.3 Å². The summed E-state index contributed by atoms with van der Waals surface area (Å²) >= 11 is 5.52. The molecule has 4 aliphatic carbocycles. The minimum absolute atomic E-state index is 0.0232. The van der Waals surface area contributed by atoms with Gasteiger partial charge in [-0.25, -0.2) is 0 Å². The Labute approximate surface area is 112 Å². The first-order valence-electron chi connectivity index (χ1n) is 6.67. The molecule has 0 aliphatic heterocycles. The van der Waals surface area contributed by atoms with E-state index in [0.29, 0.717) is 0 Å². The Balaban J connectivity index is 1.79. The highest BCUT2D eigenvalue weighted by Crippen LogP contribution is 2.60. The van der Waals surface area contributed by atoms with E-state index in [4.69, 9.17) is 16.9 Å². The van der Waals surface area contributed by atoms with Gasteiger partial charge in [-0.3, -0.25) is 4.79 Å². The Morgan fingerprint density at radius 2 is 1.72 bits per heavy atom. The van der Waals surface area contributed by atoms with Crippen molar-refractivity contribution in [2.24, 2.45) is 23.2 Å². The van der Waals surface area contributed by atoms with Gasteiger partial charge in [0.25, 0.3) is 0 Å². The van der Waals surface area contributed by atoms with Crippen LogP contribution in [0.25, 0.3) is 0 Å². The molecule has 0 aromatic rings. The molecule has 1 N–H and O–H groups in total. The summed E-state index contributed by atoms with van der Waals surface area (Å²) in [5.41, 5.74) is 1.10. The fourth-order valence-corrected chi connectivity index (χ4v) is 4.83. The van der Waals surface area contributed by atoms with E-state index in [-0.39, 0.29) is 17.0 Å². The lowest BCUT2D eigenvalue weighted by atomic mass is 9.49. The molecule has 0 spiro atoms. The van der Waals surface area contributed by atoms with Gasteiger partial charge in [0.05, 0.1) is 5.41 Å². The number of halogens is 1. The first-order valence-corrected chi connectivity index (χ1v) is 7.11. The number of nitriles is 1. The molecule has 18 heavy (non-hydrogen) atoms. The normalized spacial score (nSPS) is 41.6. The predicted octanol–water partition coefficient (Wildman–Crippen LogP) is 2.92. The molecule has 0 aromatic heterocycles. The summed E-state index contributed by atoms with van der Waals surface area (Å²) in [4.78, 5) is 12.5. The highest BCUT2D eigenvalue weighted by Gasteiger charge is 2.54. The molecule has 4 bridgehead atoms. The van der Waals surface area contributed by atoms with Gasteiger partial charge >= 0.3 is 0 Å². The van der Waals surface area contributed by atoms with Gasteiger partial charge in [-0.1, -0.05) is 11.6 Å². The molecule has 4 saturated carbocycles. The summed E-state index contributed by atoms with van der Waals surface area (Å²) in [6.45, 7) is 0. The fourth-order valence-electron chi connectivity index (χ4n) is 4.72. The summed E-state index contributed by atoms with van der Waals surface area (Å²) in [7, 11) is 0. The quantitative estimate of drug-likeness (QED) is 0.780. The van der Waals surface area contributed by atoms with Crippen LogP contribution in [0.5, 0.6) is 0 Å². The van der Waals surface area contributed by atoms with Gasteiger partial charge in [0, 0.05) is 5.54 Å². The molecule has 4 rings (SSSR count). The van der Waals surface area contributed by atoms with E-state index in [2.05, 4.69) is 5.32 Å². The first kappa shape index (κ1) is 12.0. The van der Waals surface area contributed by atoms with E-state index >= 15 is 0 Å². The van der Waals surface area contributed by atoms with Crippen LogP contribution in [-0.2, 0) is 4.79 Å². The molecule has 4 fully saturated rings. The Kier molecular flexibility index (Phi) is 2.86. The molecule has 4 aliphatic rings. The third kappa shape index (κ3) is 1.83. The second-order valence-corrected chi connectivity index (χ2v) is 6.50. The molecular formula is C14H17ClN2O. The smallest absolute Gasteiger partial charge is 0.231 e. The van der Waals surface area contributed by atoms with Crippen LogP contribution in [-0.4, -0.2) is 5.91 Å². The summed E-state index contributed by atoms with van der Waals surface area (Å²) < 4.78 is 0. The van der Waals surface area contributed by atoms with E-state index in [9.17, 15) is 4.79 Å². The topological polar surface area (TPSA) is 52.9 Å². The maximum atomic E-state index is 12.5. The van der Waals surface area contributed by atoms with Crippen molar-refractivity contribution < 1.29 is 4.79 Å². The molecule has 1 amide bonds.